The zero-order valence-electron chi connectivity index (χ0n) is 43.5. The van der Waals surface area contributed by atoms with Crippen LogP contribution in [0, 0.1) is 11.3 Å². The van der Waals surface area contributed by atoms with Crippen molar-refractivity contribution in [1.82, 2.24) is 30.2 Å². The lowest BCUT2D eigenvalue weighted by Crippen LogP contribution is -2.46. The summed E-state index contributed by atoms with van der Waals surface area (Å²) in [5, 5.41) is 26.7. The van der Waals surface area contributed by atoms with Crippen molar-refractivity contribution in [3.8, 4) is 0 Å². The van der Waals surface area contributed by atoms with E-state index in [0.717, 1.165) is 54.2 Å². The molecule has 1 saturated heterocycles. The number of nitrogen functional groups attached to an aromatic ring is 1. The lowest BCUT2D eigenvalue weighted by atomic mass is 9.87. The molecule has 0 bridgehead atoms. The van der Waals surface area contributed by atoms with Gasteiger partial charge < -0.3 is 50.9 Å². The van der Waals surface area contributed by atoms with Crippen molar-refractivity contribution < 1.29 is 80.5 Å². The Kier molecular flexibility index (Phi) is 30.0. The summed E-state index contributed by atoms with van der Waals surface area (Å²) in [6.07, 6.45) is 19.4. The number of aliphatic hydroxyl groups excluding tert-OH is 2. The SMILES string of the molecule is CCCC(C)CCCCCCCCCCCCCCCCCCCC(=O)SCCNC(=O)CCNC(=O)C(O)C(C)(C)COP(=O)(O)OP(=O)(O)OCC1OC(n2cnc3c(N)ncnc32)C(O)C1OP(=O)(O)O. The number of phosphoric ester groups is 3. The number of thioether (sulfide) groups is 1. The van der Waals surface area contributed by atoms with E-state index in [1.54, 1.807) is 0 Å². The number of nitrogens with two attached hydrogens (primary N) is 1. The van der Waals surface area contributed by atoms with Crippen LogP contribution in [0.2, 0.25) is 0 Å². The molecule has 1 aliphatic rings. The highest BCUT2D eigenvalue weighted by molar-refractivity contribution is 8.13. The fourth-order valence-corrected chi connectivity index (χ4v) is 12.0. The molecular weight excluding hydrogens is 1050 g/mol. The molecule has 0 aliphatic carbocycles. The van der Waals surface area contributed by atoms with Gasteiger partial charge in [-0.15, -0.1) is 0 Å². The van der Waals surface area contributed by atoms with Gasteiger partial charge in [-0.2, -0.15) is 4.31 Å². The predicted octanol–water partition coefficient (Wildman–Crippen LogP) is 7.51. The van der Waals surface area contributed by atoms with Gasteiger partial charge in [-0.1, -0.05) is 161 Å². The maximum atomic E-state index is 12.8. The summed E-state index contributed by atoms with van der Waals surface area (Å²) >= 11 is 1.16. The molecule has 1 fully saturated rings. The van der Waals surface area contributed by atoms with Crippen LogP contribution in [-0.4, -0.2) is 123 Å². The molecule has 0 radical (unpaired) electrons. The Labute approximate surface area is 439 Å². The number of hydrogen-bond acceptors (Lipinski definition) is 18. The number of phosphoric acid groups is 3. The fraction of sp³-hybridized carbons (Fsp3) is 0.826. The molecular formula is C46H84N7O17P3S. The van der Waals surface area contributed by atoms with Crippen molar-refractivity contribution in [2.75, 3.05) is 37.8 Å². The monoisotopic (exact) mass is 1130 g/mol. The smallest absolute Gasteiger partial charge is 0.386 e. The molecule has 2 amide bonds. The summed E-state index contributed by atoms with van der Waals surface area (Å²) in [5.41, 5.74) is 4.30. The summed E-state index contributed by atoms with van der Waals surface area (Å²) in [6, 6.07) is 0. The number of fused-ring (bicyclic) bond motifs is 1. The number of amides is 2. The third-order valence-electron chi connectivity index (χ3n) is 12.6. The normalized spacial score (nSPS) is 19.8. The van der Waals surface area contributed by atoms with Crippen LogP contribution in [0.15, 0.2) is 12.7 Å². The summed E-state index contributed by atoms with van der Waals surface area (Å²) in [6.45, 7) is 5.25. The van der Waals surface area contributed by atoms with Gasteiger partial charge in [0.1, 0.15) is 36.3 Å². The Balaban J connectivity index is 1.21. The zero-order valence-corrected chi connectivity index (χ0v) is 47.0. The van der Waals surface area contributed by atoms with E-state index in [1.165, 1.54) is 123 Å². The molecule has 0 saturated carbocycles. The zero-order chi connectivity index (χ0) is 54.8. The topological polar surface area (TPSA) is 364 Å². The minimum atomic E-state index is -5.58. The van der Waals surface area contributed by atoms with E-state index < -0.39 is 84.6 Å². The van der Waals surface area contributed by atoms with Crippen molar-refractivity contribution in [3.63, 3.8) is 0 Å². The minimum Gasteiger partial charge on any atom is -0.386 e. The van der Waals surface area contributed by atoms with Gasteiger partial charge in [0.25, 0.3) is 0 Å². The number of anilines is 1. The van der Waals surface area contributed by atoms with Crippen LogP contribution < -0.4 is 16.4 Å². The van der Waals surface area contributed by atoms with Crippen molar-refractivity contribution in [3.05, 3.63) is 12.7 Å². The largest absolute Gasteiger partial charge is 0.481 e. The molecule has 2 aromatic rings. The first-order chi connectivity index (χ1) is 34.9. The highest BCUT2D eigenvalue weighted by Crippen LogP contribution is 2.61. The van der Waals surface area contributed by atoms with Crippen LogP contribution in [0.1, 0.15) is 175 Å². The first-order valence-electron chi connectivity index (χ1n) is 26.0. The van der Waals surface area contributed by atoms with E-state index >= 15 is 0 Å². The Morgan fingerprint density at radius 1 is 0.811 bits per heavy atom. The third kappa shape index (κ3) is 25.8. The Morgan fingerprint density at radius 3 is 1.96 bits per heavy atom. The van der Waals surface area contributed by atoms with Gasteiger partial charge >= 0.3 is 23.5 Å². The van der Waals surface area contributed by atoms with Crippen molar-refractivity contribution in [2.24, 2.45) is 11.3 Å². The molecule has 0 spiro atoms. The number of hydrogen-bond donors (Lipinski definition) is 9. The van der Waals surface area contributed by atoms with Crippen LogP contribution in [0.5, 0.6) is 0 Å². The molecule has 8 atom stereocenters. The number of imidazole rings is 1. The number of rotatable bonds is 41. The maximum absolute atomic E-state index is 12.8. The quantitative estimate of drug-likeness (QED) is 0.0230. The van der Waals surface area contributed by atoms with Crippen LogP contribution in [0.3, 0.4) is 0 Å². The van der Waals surface area contributed by atoms with Crippen LogP contribution in [-0.2, 0) is 50.7 Å². The maximum Gasteiger partial charge on any atom is 0.481 e. The number of unbranched alkanes of at least 4 members (excludes halogenated alkanes) is 16. The van der Waals surface area contributed by atoms with E-state index in [1.807, 2.05) is 0 Å². The molecule has 3 rings (SSSR count). The Morgan fingerprint density at radius 2 is 1.38 bits per heavy atom. The number of carbonyl (C=O) groups is 3. The van der Waals surface area contributed by atoms with Gasteiger partial charge in [-0.25, -0.2) is 28.6 Å². The average Bonchev–Trinajstić information content (AvgIpc) is 3.89. The molecule has 8 unspecified atom stereocenters. The Hall–Kier alpha value is -2.44. The van der Waals surface area contributed by atoms with Gasteiger partial charge in [0.15, 0.2) is 22.8 Å². The summed E-state index contributed by atoms with van der Waals surface area (Å²) in [5.74, 6) is -0.123. The van der Waals surface area contributed by atoms with Gasteiger partial charge in [-0.05, 0) is 12.3 Å². The number of aliphatic hydroxyl groups is 2. The molecule has 10 N–H and O–H groups in total. The van der Waals surface area contributed by atoms with Gasteiger partial charge in [0.05, 0.1) is 19.5 Å². The molecule has 0 aromatic carbocycles. The number of nitrogens with one attached hydrogen (secondary N) is 2. The van der Waals surface area contributed by atoms with E-state index in [2.05, 4.69) is 48.3 Å². The third-order valence-corrected chi connectivity index (χ3v) is 16.7. The minimum absolute atomic E-state index is 0.0345. The lowest BCUT2D eigenvalue weighted by molar-refractivity contribution is -0.137. The molecule has 2 aromatic heterocycles. The second-order valence-electron chi connectivity index (χ2n) is 19.7. The van der Waals surface area contributed by atoms with Crippen LogP contribution in [0.4, 0.5) is 5.82 Å². The number of ether oxygens (including phenoxy) is 1. The molecule has 28 heteroatoms. The summed E-state index contributed by atoms with van der Waals surface area (Å²) < 4.78 is 62.6. The number of aromatic nitrogens is 4. The first kappa shape index (κ1) is 65.8. The standard InChI is InChI=1S/C46H84N7O17P3S/c1-5-23-34(2)24-21-19-17-15-13-11-9-7-6-8-10-12-14-16-18-20-22-25-37(55)74-29-28-48-36(54)26-27-49-44(58)41(57)46(3,4)31-67-73(64,65)70-72(62,63)66-30-35-40(69-71(59,60)61)39(56)45(68-35)53-33-52-38-42(47)50-32-51-43(38)53/h32-35,39-41,45,56-57H,5-31H2,1-4H3,(H,48,54)(H,49,58)(H,62,63)(H,64,65)(H2,47,50,51)(H2,59,60,61). The average molecular weight is 1130 g/mol. The van der Waals surface area contributed by atoms with E-state index in [-0.39, 0.29) is 41.6 Å². The van der Waals surface area contributed by atoms with Crippen molar-refractivity contribution >= 4 is 69.1 Å². The number of nitrogens with zero attached hydrogens (tertiary/aromatic N) is 4. The lowest BCUT2D eigenvalue weighted by Gasteiger charge is -2.30. The van der Waals surface area contributed by atoms with Gasteiger partial charge in [0, 0.05) is 37.1 Å². The highest BCUT2D eigenvalue weighted by atomic mass is 32.2. The van der Waals surface area contributed by atoms with Gasteiger partial charge in [0.2, 0.25) is 11.8 Å². The van der Waals surface area contributed by atoms with E-state index in [0.29, 0.717) is 12.2 Å². The number of carbonyl (C=O) groups excluding carboxylic acids is 3. The van der Waals surface area contributed by atoms with Crippen LogP contribution >= 0.6 is 35.2 Å². The van der Waals surface area contributed by atoms with Crippen molar-refractivity contribution in [1.29, 1.82) is 0 Å². The van der Waals surface area contributed by atoms with E-state index in [9.17, 15) is 57.9 Å². The predicted molar refractivity (Wildman–Crippen MR) is 279 cm³/mol. The fourth-order valence-electron chi connectivity index (χ4n) is 8.42. The second kappa shape index (κ2) is 33.8. The first-order valence-corrected chi connectivity index (χ1v) is 31.5. The molecule has 1 aliphatic heterocycles. The van der Waals surface area contributed by atoms with E-state index in [4.69, 9.17) is 19.5 Å². The van der Waals surface area contributed by atoms with Gasteiger partial charge in [-0.3, -0.25) is 32.5 Å². The Bertz CT molecular complexity index is 2140. The summed E-state index contributed by atoms with van der Waals surface area (Å²) in [4.78, 5) is 88.6. The molecule has 24 nitrogen and oxygen atoms in total. The molecule has 426 valence electrons. The molecule has 3 heterocycles. The highest BCUT2D eigenvalue weighted by Gasteiger charge is 2.50. The second-order valence-corrected chi connectivity index (χ2v) is 25.1. The van der Waals surface area contributed by atoms with Crippen LogP contribution in [0.25, 0.3) is 11.2 Å². The van der Waals surface area contributed by atoms with Crippen molar-refractivity contribution in [2.45, 2.75) is 200 Å². The molecule has 74 heavy (non-hydrogen) atoms. The summed E-state index contributed by atoms with van der Waals surface area (Å²) in [7, 11) is -16.4.